The summed E-state index contributed by atoms with van der Waals surface area (Å²) in [4.78, 5) is 13.1. The second-order valence-corrected chi connectivity index (χ2v) is 4.76. The fraction of sp³-hybridized carbons (Fsp3) is 0.900. The summed E-state index contributed by atoms with van der Waals surface area (Å²) in [6.07, 6.45) is 0. The van der Waals surface area contributed by atoms with Gasteiger partial charge in [0.05, 0.1) is 6.04 Å². The Hall–Kier alpha value is -0.370. The molecule has 0 N–H and O–H groups in total. The topological polar surface area (TPSA) is 20.3 Å². The Kier molecular flexibility index (Phi) is 3.91. The van der Waals surface area contributed by atoms with Crippen LogP contribution in [0.5, 0.6) is 0 Å². The van der Waals surface area contributed by atoms with Crippen LogP contribution in [0.25, 0.3) is 0 Å². The third kappa shape index (κ3) is 4.50. The number of carbonyl (C=O) groups is 1. The van der Waals surface area contributed by atoms with Crippen LogP contribution in [0, 0.1) is 5.41 Å². The van der Waals surface area contributed by atoms with Crippen molar-refractivity contribution in [2.75, 3.05) is 13.6 Å². The molecule has 1 unspecified atom stereocenters. The molecule has 12 heavy (non-hydrogen) atoms. The molecule has 0 spiro atoms. The molecular formula is C10H21NO. The quantitative estimate of drug-likeness (QED) is 0.647. The Morgan fingerprint density at radius 3 is 2.08 bits per heavy atom. The Balaban J connectivity index is 4.04. The van der Waals surface area contributed by atoms with Gasteiger partial charge in [0.1, 0.15) is 5.78 Å². The van der Waals surface area contributed by atoms with Crippen molar-refractivity contribution in [3.63, 3.8) is 0 Å². The van der Waals surface area contributed by atoms with E-state index >= 15 is 0 Å². The average Bonchev–Trinajstić information content (AvgIpc) is 1.82. The van der Waals surface area contributed by atoms with Crippen LogP contribution in [0.3, 0.4) is 0 Å². The highest BCUT2D eigenvalue weighted by atomic mass is 16.1. The summed E-state index contributed by atoms with van der Waals surface area (Å²) in [5.74, 6) is 0.238. The number of ketones is 1. The minimum Gasteiger partial charge on any atom is -0.298 e. The van der Waals surface area contributed by atoms with Gasteiger partial charge in [0.15, 0.2) is 0 Å². The molecule has 0 bridgehead atoms. The fourth-order valence-corrected chi connectivity index (χ4v) is 1.20. The van der Waals surface area contributed by atoms with Crippen LogP contribution in [0.1, 0.15) is 34.6 Å². The number of hydrogen-bond acceptors (Lipinski definition) is 2. The highest BCUT2D eigenvalue weighted by molar-refractivity contribution is 5.80. The zero-order valence-corrected chi connectivity index (χ0v) is 9.14. The molecule has 0 aromatic carbocycles. The zero-order chi connectivity index (χ0) is 9.94. The van der Waals surface area contributed by atoms with Crippen LogP contribution in [0.4, 0.5) is 0 Å². The molecule has 0 aliphatic rings. The van der Waals surface area contributed by atoms with E-state index in [1.165, 1.54) is 0 Å². The van der Waals surface area contributed by atoms with Crippen molar-refractivity contribution in [1.29, 1.82) is 0 Å². The van der Waals surface area contributed by atoms with Crippen molar-refractivity contribution >= 4 is 5.78 Å². The van der Waals surface area contributed by atoms with Crippen LogP contribution in [0.2, 0.25) is 0 Å². The summed E-state index contributed by atoms with van der Waals surface area (Å²) in [6, 6.07) is 0.0456. The van der Waals surface area contributed by atoms with Crippen LogP contribution in [-0.2, 0) is 4.79 Å². The minimum atomic E-state index is 0.0456. The molecular weight excluding hydrogens is 150 g/mol. The molecule has 2 nitrogen and oxygen atoms in total. The molecule has 0 aromatic rings. The molecule has 0 rings (SSSR count). The summed E-state index contributed by atoms with van der Waals surface area (Å²) < 4.78 is 0. The van der Waals surface area contributed by atoms with E-state index in [2.05, 4.69) is 25.7 Å². The van der Waals surface area contributed by atoms with Gasteiger partial charge in [-0.3, -0.25) is 9.69 Å². The molecule has 0 aliphatic carbocycles. The van der Waals surface area contributed by atoms with Gasteiger partial charge in [-0.1, -0.05) is 20.8 Å². The van der Waals surface area contributed by atoms with E-state index in [0.29, 0.717) is 0 Å². The van der Waals surface area contributed by atoms with E-state index < -0.39 is 0 Å². The first-order valence-corrected chi connectivity index (χ1v) is 4.45. The maximum atomic E-state index is 11.0. The van der Waals surface area contributed by atoms with Crippen molar-refractivity contribution in [2.24, 2.45) is 5.41 Å². The van der Waals surface area contributed by atoms with Gasteiger partial charge in [-0.05, 0) is 26.3 Å². The lowest BCUT2D eigenvalue weighted by atomic mass is 9.95. The number of hydrogen-bond donors (Lipinski definition) is 0. The van der Waals surface area contributed by atoms with Gasteiger partial charge in [0.2, 0.25) is 0 Å². The van der Waals surface area contributed by atoms with E-state index in [0.717, 1.165) is 6.54 Å². The average molecular weight is 171 g/mol. The van der Waals surface area contributed by atoms with Crippen molar-refractivity contribution in [3.05, 3.63) is 0 Å². The van der Waals surface area contributed by atoms with Gasteiger partial charge in [0, 0.05) is 6.54 Å². The van der Waals surface area contributed by atoms with Gasteiger partial charge in [-0.2, -0.15) is 0 Å². The number of nitrogens with zero attached hydrogens (tertiary/aromatic N) is 1. The predicted octanol–water partition coefficient (Wildman–Crippen LogP) is 1.94. The van der Waals surface area contributed by atoms with Crippen molar-refractivity contribution in [1.82, 2.24) is 4.90 Å². The third-order valence-electron chi connectivity index (χ3n) is 1.97. The van der Waals surface area contributed by atoms with Crippen molar-refractivity contribution in [2.45, 2.75) is 40.7 Å². The lowest BCUT2D eigenvalue weighted by Gasteiger charge is -2.29. The predicted molar refractivity (Wildman–Crippen MR) is 52.2 cm³/mol. The first kappa shape index (κ1) is 11.6. The number of Topliss-reactive ketones (excluding diaryl/α,β-unsaturated/α-hetero) is 1. The lowest BCUT2D eigenvalue weighted by molar-refractivity contribution is -0.121. The number of rotatable bonds is 3. The largest absolute Gasteiger partial charge is 0.298 e. The van der Waals surface area contributed by atoms with Gasteiger partial charge < -0.3 is 0 Å². The van der Waals surface area contributed by atoms with Crippen LogP contribution >= 0.6 is 0 Å². The Morgan fingerprint density at radius 1 is 1.42 bits per heavy atom. The van der Waals surface area contributed by atoms with Crippen molar-refractivity contribution in [3.8, 4) is 0 Å². The number of carbonyl (C=O) groups excluding carboxylic acids is 1. The summed E-state index contributed by atoms with van der Waals surface area (Å²) in [5.41, 5.74) is 0.262. The number of likely N-dealkylation sites (N-methyl/N-ethyl adjacent to an activating group) is 1. The van der Waals surface area contributed by atoms with Crippen LogP contribution < -0.4 is 0 Å². The van der Waals surface area contributed by atoms with E-state index in [1.54, 1.807) is 6.92 Å². The van der Waals surface area contributed by atoms with E-state index in [9.17, 15) is 4.79 Å². The highest BCUT2D eigenvalue weighted by Crippen LogP contribution is 2.15. The van der Waals surface area contributed by atoms with Gasteiger partial charge in [0.25, 0.3) is 0 Å². The Bertz CT molecular complexity index is 158. The zero-order valence-electron chi connectivity index (χ0n) is 9.14. The van der Waals surface area contributed by atoms with E-state index in [-0.39, 0.29) is 17.2 Å². The molecule has 2 heteroatoms. The second-order valence-electron chi connectivity index (χ2n) is 4.76. The Morgan fingerprint density at radius 2 is 1.83 bits per heavy atom. The van der Waals surface area contributed by atoms with Crippen LogP contribution in [0.15, 0.2) is 0 Å². The molecule has 0 amide bonds. The SMILES string of the molecule is CC(=O)C(C)N(C)CC(C)(C)C. The summed E-state index contributed by atoms with van der Waals surface area (Å²) in [5, 5.41) is 0. The normalized spacial score (nSPS) is 14.9. The molecule has 0 saturated carbocycles. The van der Waals surface area contributed by atoms with E-state index in [4.69, 9.17) is 0 Å². The van der Waals surface area contributed by atoms with Gasteiger partial charge >= 0.3 is 0 Å². The van der Waals surface area contributed by atoms with Gasteiger partial charge in [-0.15, -0.1) is 0 Å². The maximum Gasteiger partial charge on any atom is 0.146 e. The third-order valence-corrected chi connectivity index (χ3v) is 1.97. The first-order valence-electron chi connectivity index (χ1n) is 4.45. The molecule has 72 valence electrons. The molecule has 0 fully saturated rings. The maximum absolute atomic E-state index is 11.0. The summed E-state index contributed by atoms with van der Waals surface area (Å²) >= 11 is 0. The van der Waals surface area contributed by atoms with Gasteiger partial charge in [-0.25, -0.2) is 0 Å². The smallest absolute Gasteiger partial charge is 0.146 e. The molecule has 0 aromatic heterocycles. The highest BCUT2D eigenvalue weighted by Gasteiger charge is 2.19. The second kappa shape index (κ2) is 4.04. The van der Waals surface area contributed by atoms with E-state index in [1.807, 2.05) is 14.0 Å². The molecule has 1 atom stereocenters. The monoisotopic (exact) mass is 171 g/mol. The first-order chi connectivity index (χ1) is 5.24. The Labute approximate surface area is 75.9 Å². The van der Waals surface area contributed by atoms with Crippen LogP contribution in [-0.4, -0.2) is 30.3 Å². The molecule has 0 saturated heterocycles. The molecule has 0 aliphatic heterocycles. The summed E-state index contributed by atoms with van der Waals surface area (Å²) in [6.45, 7) is 11.1. The molecule has 0 radical (unpaired) electrons. The lowest BCUT2D eigenvalue weighted by Crippen LogP contribution is -2.39. The molecule has 0 heterocycles. The fourth-order valence-electron chi connectivity index (χ4n) is 1.20. The summed E-state index contributed by atoms with van der Waals surface area (Å²) in [7, 11) is 2.00. The van der Waals surface area contributed by atoms with Crippen molar-refractivity contribution < 1.29 is 4.79 Å². The standard InChI is InChI=1S/C10H21NO/c1-8(9(2)12)11(6)7-10(3,4)5/h8H,7H2,1-6H3. The minimum absolute atomic E-state index is 0.0456.